The first-order chi connectivity index (χ1) is 8.49. The summed E-state index contributed by atoms with van der Waals surface area (Å²) >= 11 is 0. The van der Waals surface area contributed by atoms with Gasteiger partial charge >= 0.3 is 5.97 Å². The molecule has 0 saturated carbocycles. The standard InChI is InChI=1S/C13H20N2O3/c1-8-5-10(15-7-9(2)17-3)6-11(12(8)14)13(16)18-4/h5-6,9,15H,7,14H2,1-4H3. The van der Waals surface area contributed by atoms with Crippen molar-refractivity contribution in [2.24, 2.45) is 0 Å². The molecule has 100 valence electrons. The summed E-state index contributed by atoms with van der Waals surface area (Å²) in [6.07, 6.45) is 0.0874. The van der Waals surface area contributed by atoms with E-state index in [2.05, 4.69) is 5.32 Å². The van der Waals surface area contributed by atoms with E-state index in [9.17, 15) is 4.79 Å². The van der Waals surface area contributed by atoms with Gasteiger partial charge in [0.15, 0.2) is 0 Å². The number of ether oxygens (including phenoxy) is 2. The molecule has 0 bridgehead atoms. The van der Waals surface area contributed by atoms with E-state index in [4.69, 9.17) is 15.2 Å². The van der Waals surface area contributed by atoms with Crippen LogP contribution in [0.5, 0.6) is 0 Å². The van der Waals surface area contributed by atoms with Gasteiger partial charge < -0.3 is 20.5 Å². The largest absolute Gasteiger partial charge is 0.465 e. The molecule has 0 spiro atoms. The number of aryl methyl sites for hydroxylation is 1. The monoisotopic (exact) mass is 252 g/mol. The highest BCUT2D eigenvalue weighted by Crippen LogP contribution is 2.23. The molecule has 0 aromatic heterocycles. The Bertz CT molecular complexity index is 432. The number of anilines is 2. The van der Waals surface area contributed by atoms with Crippen LogP contribution in [0.2, 0.25) is 0 Å². The second-order valence-electron chi connectivity index (χ2n) is 4.17. The van der Waals surface area contributed by atoms with Gasteiger partial charge in [0, 0.05) is 25.0 Å². The quantitative estimate of drug-likeness (QED) is 0.617. The fraction of sp³-hybridized carbons (Fsp3) is 0.462. The molecule has 0 fully saturated rings. The molecule has 1 aromatic carbocycles. The van der Waals surface area contributed by atoms with E-state index < -0.39 is 5.97 Å². The lowest BCUT2D eigenvalue weighted by Gasteiger charge is -2.14. The maximum atomic E-state index is 11.6. The molecule has 1 atom stereocenters. The maximum absolute atomic E-state index is 11.6. The van der Waals surface area contributed by atoms with Crippen molar-refractivity contribution in [1.82, 2.24) is 0 Å². The number of carbonyl (C=O) groups is 1. The van der Waals surface area contributed by atoms with Crippen LogP contribution in [0, 0.1) is 6.92 Å². The van der Waals surface area contributed by atoms with Crippen molar-refractivity contribution in [2.75, 3.05) is 31.8 Å². The molecule has 18 heavy (non-hydrogen) atoms. The number of rotatable bonds is 5. The van der Waals surface area contributed by atoms with Gasteiger partial charge in [-0.1, -0.05) is 0 Å². The lowest BCUT2D eigenvalue weighted by molar-refractivity contribution is 0.0602. The lowest BCUT2D eigenvalue weighted by atomic mass is 10.1. The number of nitrogens with one attached hydrogen (secondary N) is 1. The molecule has 0 saturated heterocycles. The Morgan fingerprint density at radius 2 is 2.11 bits per heavy atom. The number of hydrogen-bond acceptors (Lipinski definition) is 5. The third kappa shape index (κ3) is 3.37. The maximum Gasteiger partial charge on any atom is 0.340 e. The van der Waals surface area contributed by atoms with Gasteiger partial charge in [-0.05, 0) is 31.5 Å². The Kier molecular flexibility index (Phi) is 4.97. The molecular weight excluding hydrogens is 232 g/mol. The number of methoxy groups -OCH3 is 2. The molecule has 5 heteroatoms. The van der Waals surface area contributed by atoms with Crippen LogP contribution in [0.3, 0.4) is 0 Å². The molecular formula is C13H20N2O3. The van der Waals surface area contributed by atoms with Gasteiger partial charge in [-0.2, -0.15) is 0 Å². The van der Waals surface area contributed by atoms with Gasteiger partial charge in [-0.3, -0.25) is 0 Å². The predicted molar refractivity (Wildman–Crippen MR) is 71.9 cm³/mol. The number of nitrogen functional groups attached to an aromatic ring is 1. The molecule has 0 aliphatic heterocycles. The van der Waals surface area contributed by atoms with Crippen LogP contribution in [-0.2, 0) is 9.47 Å². The summed E-state index contributed by atoms with van der Waals surface area (Å²) in [7, 11) is 2.99. The van der Waals surface area contributed by atoms with Crippen molar-refractivity contribution in [2.45, 2.75) is 20.0 Å². The highest BCUT2D eigenvalue weighted by molar-refractivity contribution is 5.97. The van der Waals surface area contributed by atoms with E-state index >= 15 is 0 Å². The van der Waals surface area contributed by atoms with Crippen molar-refractivity contribution in [3.05, 3.63) is 23.3 Å². The lowest BCUT2D eigenvalue weighted by Crippen LogP contribution is -2.18. The molecule has 5 nitrogen and oxygen atoms in total. The van der Waals surface area contributed by atoms with Gasteiger partial charge in [-0.25, -0.2) is 4.79 Å². The molecule has 0 aliphatic rings. The van der Waals surface area contributed by atoms with E-state index in [1.165, 1.54) is 7.11 Å². The Labute approximate surface area is 107 Å². The second-order valence-corrected chi connectivity index (χ2v) is 4.17. The number of benzene rings is 1. The van der Waals surface area contributed by atoms with Crippen LogP contribution < -0.4 is 11.1 Å². The Balaban J connectivity index is 2.94. The zero-order chi connectivity index (χ0) is 13.7. The average Bonchev–Trinajstić information content (AvgIpc) is 2.38. The summed E-state index contributed by atoms with van der Waals surface area (Å²) in [4.78, 5) is 11.6. The van der Waals surface area contributed by atoms with Crippen LogP contribution in [0.1, 0.15) is 22.8 Å². The topological polar surface area (TPSA) is 73.6 Å². The van der Waals surface area contributed by atoms with E-state index in [-0.39, 0.29) is 6.10 Å². The summed E-state index contributed by atoms with van der Waals surface area (Å²) in [5.74, 6) is -0.431. The predicted octanol–water partition coefficient (Wildman–Crippen LogP) is 1.81. The minimum Gasteiger partial charge on any atom is -0.465 e. The molecule has 1 unspecified atom stereocenters. The van der Waals surface area contributed by atoms with E-state index in [1.54, 1.807) is 13.2 Å². The van der Waals surface area contributed by atoms with Crippen LogP contribution in [-0.4, -0.2) is 32.8 Å². The van der Waals surface area contributed by atoms with Crippen molar-refractivity contribution in [3.63, 3.8) is 0 Å². The van der Waals surface area contributed by atoms with Crippen molar-refractivity contribution >= 4 is 17.3 Å². The van der Waals surface area contributed by atoms with E-state index in [0.29, 0.717) is 17.8 Å². The summed E-state index contributed by atoms with van der Waals surface area (Å²) in [5, 5.41) is 3.19. The fourth-order valence-electron chi connectivity index (χ4n) is 1.52. The zero-order valence-corrected chi connectivity index (χ0v) is 11.2. The molecule has 1 aromatic rings. The Hall–Kier alpha value is -1.75. The third-order valence-corrected chi connectivity index (χ3v) is 2.79. The van der Waals surface area contributed by atoms with Crippen LogP contribution in [0.15, 0.2) is 12.1 Å². The van der Waals surface area contributed by atoms with E-state index in [0.717, 1.165) is 11.3 Å². The molecule has 0 aliphatic carbocycles. The summed E-state index contributed by atoms with van der Waals surface area (Å²) in [6.45, 7) is 4.46. The summed E-state index contributed by atoms with van der Waals surface area (Å²) in [6, 6.07) is 3.58. The first-order valence-electron chi connectivity index (χ1n) is 5.74. The van der Waals surface area contributed by atoms with Gasteiger partial charge in [-0.15, -0.1) is 0 Å². The van der Waals surface area contributed by atoms with Crippen molar-refractivity contribution in [3.8, 4) is 0 Å². The number of carbonyl (C=O) groups excluding carboxylic acids is 1. The van der Waals surface area contributed by atoms with Crippen LogP contribution in [0.4, 0.5) is 11.4 Å². The highest BCUT2D eigenvalue weighted by atomic mass is 16.5. The fourth-order valence-corrected chi connectivity index (χ4v) is 1.52. The number of esters is 1. The number of hydrogen-bond donors (Lipinski definition) is 2. The van der Waals surface area contributed by atoms with Gasteiger partial charge in [0.1, 0.15) is 0 Å². The molecule has 1 rings (SSSR count). The Morgan fingerprint density at radius 1 is 1.44 bits per heavy atom. The summed E-state index contributed by atoms with van der Waals surface area (Å²) < 4.78 is 9.85. The molecule has 0 heterocycles. The average molecular weight is 252 g/mol. The highest BCUT2D eigenvalue weighted by Gasteiger charge is 2.13. The SMILES string of the molecule is COC(=O)c1cc(NCC(C)OC)cc(C)c1N. The second kappa shape index (κ2) is 6.26. The summed E-state index contributed by atoms with van der Waals surface area (Å²) in [5.41, 5.74) is 8.35. The van der Waals surface area contributed by atoms with Gasteiger partial charge in [0.05, 0.1) is 18.8 Å². The van der Waals surface area contributed by atoms with Crippen molar-refractivity contribution < 1.29 is 14.3 Å². The Morgan fingerprint density at radius 3 is 2.67 bits per heavy atom. The smallest absolute Gasteiger partial charge is 0.340 e. The number of nitrogens with two attached hydrogens (primary N) is 1. The van der Waals surface area contributed by atoms with Crippen LogP contribution in [0.25, 0.3) is 0 Å². The first kappa shape index (κ1) is 14.3. The normalized spacial score (nSPS) is 12.0. The third-order valence-electron chi connectivity index (χ3n) is 2.79. The van der Waals surface area contributed by atoms with Gasteiger partial charge in [0.2, 0.25) is 0 Å². The minimum atomic E-state index is -0.431. The van der Waals surface area contributed by atoms with Crippen molar-refractivity contribution in [1.29, 1.82) is 0 Å². The zero-order valence-electron chi connectivity index (χ0n) is 11.2. The van der Waals surface area contributed by atoms with Crippen LogP contribution >= 0.6 is 0 Å². The minimum absolute atomic E-state index is 0.0874. The first-order valence-corrected chi connectivity index (χ1v) is 5.74. The van der Waals surface area contributed by atoms with Gasteiger partial charge in [0.25, 0.3) is 0 Å². The molecule has 0 amide bonds. The molecule has 3 N–H and O–H groups in total. The molecule has 0 radical (unpaired) electrons. The van der Waals surface area contributed by atoms with E-state index in [1.807, 2.05) is 19.9 Å².